The molecule has 1 nitrogen and oxygen atoms in total. The molecule has 0 N–H and O–H groups in total. The summed E-state index contributed by atoms with van der Waals surface area (Å²) < 4.78 is 5.70. The SMILES string of the molecule is CCCc1c(C)ccc(C)c1OCC. The third kappa shape index (κ3) is 2.28. The average molecular weight is 192 g/mol. The Hall–Kier alpha value is -0.980. The Morgan fingerprint density at radius 3 is 2.29 bits per heavy atom. The summed E-state index contributed by atoms with van der Waals surface area (Å²) >= 11 is 0. The summed E-state index contributed by atoms with van der Waals surface area (Å²) in [5.74, 6) is 1.11. The Morgan fingerprint density at radius 2 is 1.71 bits per heavy atom. The Bertz CT molecular complexity index is 271. The van der Waals surface area contributed by atoms with Crippen molar-refractivity contribution >= 4 is 0 Å². The highest BCUT2D eigenvalue weighted by atomic mass is 16.5. The van der Waals surface area contributed by atoms with Gasteiger partial charge in [0.2, 0.25) is 0 Å². The maximum absolute atomic E-state index is 5.70. The van der Waals surface area contributed by atoms with Gasteiger partial charge in [-0.15, -0.1) is 0 Å². The molecular formula is C13H20O. The third-order valence-corrected chi connectivity index (χ3v) is 2.48. The van der Waals surface area contributed by atoms with E-state index in [4.69, 9.17) is 4.74 Å². The van der Waals surface area contributed by atoms with Crippen LogP contribution in [0.25, 0.3) is 0 Å². The minimum Gasteiger partial charge on any atom is -0.493 e. The smallest absolute Gasteiger partial charge is 0.125 e. The molecule has 0 amide bonds. The highest BCUT2D eigenvalue weighted by Gasteiger charge is 2.08. The summed E-state index contributed by atoms with van der Waals surface area (Å²) in [4.78, 5) is 0. The molecule has 1 aromatic rings. The lowest BCUT2D eigenvalue weighted by Crippen LogP contribution is -2.01. The van der Waals surface area contributed by atoms with Gasteiger partial charge in [-0.25, -0.2) is 0 Å². The maximum Gasteiger partial charge on any atom is 0.125 e. The molecule has 0 bridgehead atoms. The van der Waals surface area contributed by atoms with Crippen LogP contribution >= 0.6 is 0 Å². The number of ether oxygens (including phenoxy) is 1. The van der Waals surface area contributed by atoms with Crippen molar-refractivity contribution < 1.29 is 4.74 Å². The van der Waals surface area contributed by atoms with Crippen LogP contribution < -0.4 is 4.74 Å². The van der Waals surface area contributed by atoms with Gasteiger partial charge in [0.05, 0.1) is 6.61 Å². The molecule has 78 valence electrons. The topological polar surface area (TPSA) is 9.23 Å². The summed E-state index contributed by atoms with van der Waals surface area (Å²) in [5, 5.41) is 0. The molecule has 1 rings (SSSR count). The average Bonchev–Trinajstić information content (AvgIpc) is 2.17. The molecule has 0 unspecified atom stereocenters. The van der Waals surface area contributed by atoms with Crippen molar-refractivity contribution in [3.63, 3.8) is 0 Å². The van der Waals surface area contributed by atoms with Crippen molar-refractivity contribution in [1.29, 1.82) is 0 Å². The van der Waals surface area contributed by atoms with Crippen LogP contribution in [-0.4, -0.2) is 6.61 Å². The van der Waals surface area contributed by atoms with E-state index in [1.54, 1.807) is 0 Å². The molecular weight excluding hydrogens is 172 g/mol. The maximum atomic E-state index is 5.70. The first-order chi connectivity index (χ1) is 6.70. The lowest BCUT2D eigenvalue weighted by atomic mass is 10.00. The van der Waals surface area contributed by atoms with Crippen molar-refractivity contribution in [2.45, 2.75) is 40.5 Å². The van der Waals surface area contributed by atoms with Gasteiger partial charge in [-0.05, 0) is 43.9 Å². The van der Waals surface area contributed by atoms with Gasteiger partial charge >= 0.3 is 0 Å². The zero-order valence-corrected chi connectivity index (χ0v) is 9.68. The monoisotopic (exact) mass is 192 g/mol. The first-order valence-electron chi connectivity index (χ1n) is 5.42. The minimum absolute atomic E-state index is 0.751. The van der Waals surface area contributed by atoms with Crippen molar-refractivity contribution in [2.75, 3.05) is 6.61 Å². The largest absolute Gasteiger partial charge is 0.493 e. The van der Waals surface area contributed by atoms with Gasteiger partial charge in [-0.3, -0.25) is 0 Å². The van der Waals surface area contributed by atoms with Gasteiger partial charge in [-0.2, -0.15) is 0 Å². The van der Waals surface area contributed by atoms with Gasteiger partial charge in [0.15, 0.2) is 0 Å². The van der Waals surface area contributed by atoms with Crippen LogP contribution in [0.2, 0.25) is 0 Å². The molecule has 0 heterocycles. The van der Waals surface area contributed by atoms with Crippen LogP contribution in [-0.2, 0) is 6.42 Å². The normalized spacial score (nSPS) is 10.3. The Kier molecular flexibility index (Phi) is 3.99. The number of rotatable bonds is 4. The Balaban J connectivity index is 3.12. The molecule has 0 aliphatic heterocycles. The molecule has 0 spiro atoms. The van der Waals surface area contributed by atoms with E-state index in [2.05, 4.69) is 32.9 Å². The fourth-order valence-corrected chi connectivity index (χ4v) is 1.75. The second-order valence-electron chi connectivity index (χ2n) is 3.69. The second kappa shape index (κ2) is 5.04. The van der Waals surface area contributed by atoms with Gasteiger partial charge in [0.1, 0.15) is 5.75 Å². The summed E-state index contributed by atoms with van der Waals surface area (Å²) in [6, 6.07) is 4.32. The van der Waals surface area contributed by atoms with Crippen molar-refractivity contribution in [3.8, 4) is 5.75 Å². The van der Waals surface area contributed by atoms with Crippen molar-refractivity contribution in [2.24, 2.45) is 0 Å². The van der Waals surface area contributed by atoms with Crippen LogP contribution in [0.15, 0.2) is 12.1 Å². The zero-order valence-electron chi connectivity index (χ0n) is 9.68. The molecule has 0 aliphatic rings. The molecule has 0 fully saturated rings. The van der Waals surface area contributed by atoms with Crippen molar-refractivity contribution in [1.82, 2.24) is 0 Å². The Morgan fingerprint density at radius 1 is 1.07 bits per heavy atom. The van der Waals surface area contributed by atoms with Crippen LogP contribution in [0.4, 0.5) is 0 Å². The van der Waals surface area contributed by atoms with Gasteiger partial charge in [0.25, 0.3) is 0 Å². The predicted molar refractivity (Wildman–Crippen MR) is 61.1 cm³/mol. The highest BCUT2D eigenvalue weighted by molar-refractivity contribution is 5.45. The quantitative estimate of drug-likeness (QED) is 0.707. The number of aryl methyl sites for hydroxylation is 2. The number of hydrogen-bond donors (Lipinski definition) is 0. The molecule has 1 heteroatoms. The van der Waals surface area contributed by atoms with E-state index in [1.165, 1.54) is 23.1 Å². The first-order valence-corrected chi connectivity index (χ1v) is 5.42. The second-order valence-corrected chi connectivity index (χ2v) is 3.69. The number of hydrogen-bond acceptors (Lipinski definition) is 1. The molecule has 0 radical (unpaired) electrons. The minimum atomic E-state index is 0.751. The van der Waals surface area contributed by atoms with Crippen LogP contribution in [0, 0.1) is 13.8 Å². The predicted octanol–water partition coefficient (Wildman–Crippen LogP) is 3.65. The molecule has 0 saturated heterocycles. The molecule has 0 aromatic heterocycles. The third-order valence-electron chi connectivity index (χ3n) is 2.48. The molecule has 14 heavy (non-hydrogen) atoms. The van der Waals surface area contributed by atoms with Gasteiger partial charge < -0.3 is 4.74 Å². The van der Waals surface area contributed by atoms with Crippen molar-refractivity contribution in [3.05, 3.63) is 28.8 Å². The van der Waals surface area contributed by atoms with E-state index in [1.807, 2.05) is 6.92 Å². The fourth-order valence-electron chi connectivity index (χ4n) is 1.75. The van der Waals surface area contributed by atoms with E-state index >= 15 is 0 Å². The summed E-state index contributed by atoms with van der Waals surface area (Å²) in [6.07, 6.45) is 2.28. The van der Waals surface area contributed by atoms with E-state index in [9.17, 15) is 0 Å². The molecule has 0 atom stereocenters. The van der Waals surface area contributed by atoms with Gasteiger partial charge in [-0.1, -0.05) is 25.5 Å². The highest BCUT2D eigenvalue weighted by Crippen LogP contribution is 2.27. The standard InChI is InChI=1S/C13H20O/c1-5-7-12-10(3)8-9-11(4)13(12)14-6-2/h8-9H,5-7H2,1-4H3. The van der Waals surface area contributed by atoms with E-state index < -0.39 is 0 Å². The van der Waals surface area contributed by atoms with Crippen LogP contribution in [0.3, 0.4) is 0 Å². The van der Waals surface area contributed by atoms with Crippen LogP contribution in [0.5, 0.6) is 5.75 Å². The summed E-state index contributed by atoms with van der Waals surface area (Å²) in [6.45, 7) is 9.27. The van der Waals surface area contributed by atoms with Gasteiger partial charge in [0, 0.05) is 0 Å². The fraction of sp³-hybridized carbons (Fsp3) is 0.538. The van der Waals surface area contributed by atoms with E-state index in [-0.39, 0.29) is 0 Å². The lowest BCUT2D eigenvalue weighted by Gasteiger charge is -2.14. The first kappa shape index (κ1) is 11.1. The zero-order chi connectivity index (χ0) is 10.6. The molecule has 0 aliphatic carbocycles. The van der Waals surface area contributed by atoms with E-state index in [0.29, 0.717) is 0 Å². The number of benzene rings is 1. The summed E-state index contributed by atoms with van der Waals surface area (Å²) in [7, 11) is 0. The van der Waals surface area contributed by atoms with Crippen LogP contribution in [0.1, 0.15) is 37.0 Å². The Labute approximate surface area is 87.1 Å². The molecule has 0 saturated carbocycles. The molecule has 1 aromatic carbocycles. The summed E-state index contributed by atoms with van der Waals surface area (Å²) in [5.41, 5.74) is 3.98. The lowest BCUT2D eigenvalue weighted by molar-refractivity contribution is 0.333. The van der Waals surface area contributed by atoms with E-state index in [0.717, 1.165) is 18.8 Å².